The Labute approximate surface area is 120 Å². The number of nitrogens with zero attached hydrogens (tertiary/aromatic N) is 4. The second-order valence-electron chi connectivity index (χ2n) is 4.46. The summed E-state index contributed by atoms with van der Waals surface area (Å²) >= 11 is 0. The van der Waals surface area contributed by atoms with E-state index in [1.165, 1.54) is 4.57 Å². The van der Waals surface area contributed by atoms with E-state index in [-0.39, 0.29) is 5.69 Å². The molecule has 2 heterocycles. The van der Waals surface area contributed by atoms with Crippen molar-refractivity contribution in [1.82, 2.24) is 24.5 Å². The largest absolute Gasteiger partial charge is 0.492 e. The van der Waals surface area contributed by atoms with Crippen molar-refractivity contribution in [2.45, 2.75) is 6.92 Å². The quantitative estimate of drug-likeness (QED) is 0.785. The van der Waals surface area contributed by atoms with E-state index >= 15 is 0 Å². The number of H-pyrrole nitrogens is 1. The fraction of sp³-hybridized carbons (Fsp3) is 0.214. The molecule has 0 unspecified atom stereocenters. The van der Waals surface area contributed by atoms with Crippen LogP contribution in [0.1, 0.15) is 6.92 Å². The number of rotatable bonds is 4. The van der Waals surface area contributed by atoms with Crippen LogP contribution in [0.3, 0.4) is 0 Å². The molecule has 7 nitrogen and oxygen atoms in total. The van der Waals surface area contributed by atoms with Crippen molar-refractivity contribution >= 4 is 0 Å². The van der Waals surface area contributed by atoms with Gasteiger partial charge in [0.25, 0.3) is 0 Å². The van der Waals surface area contributed by atoms with Crippen LogP contribution in [0.2, 0.25) is 0 Å². The van der Waals surface area contributed by atoms with E-state index in [0.29, 0.717) is 29.6 Å². The highest BCUT2D eigenvalue weighted by Crippen LogP contribution is 2.25. The first-order valence-electron chi connectivity index (χ1n) is 6.60. The van der Waals surface area contributed by atoms with Crippen LogP contribution in [0.4, 0.5) is 0 Å². The predicted octanol–water partition coefficient (Wildman–Crippen LogP) is 1.36. The lowest BCUT2D eigenvalue weighted by Crippen LogP contribution is -2.17. The molecule has 0 bridgehead atoms. The van der Waals surface area contributed by atoms with E-state index in [4.69, 9.17) is 4.74 Å². The Balaban J connectivity index is 2.20. The molecule has 21 heavy (non-hydrogen) atoms. The molecule has 0 atom stereocenters. The van der Waals surface area contributed by atoms with Gasteiger partial charge in [-0.25, -0.2) is 14.5 Å². The van der Waals surface area contributed by atoms with Crippen LogP contribution < -0.4 is 10.4 Å². The maximum Gasteiger partial charge on any atom is 0.348 e. The molecule has 1 aromatic carbocycles. The first kappa shape index (κ1) is 13.2. The minimum absolute atomic E-state index is 0.331. The van der Waals surface area contributed by atoms with Gasteiger partial charge in [0.1, 0.15) is 11.4 Å². The van der Waals surface area contributed by atoms with Gasteiger partial charge in [0, 0.05) is 13.2 Å². The lowest BCUT2D eigenvalue weighted by molar-refractivity contribution is 0.339. The van der Waals surface area contributed by atoms with Crippen LogP contribution in [0.25, 0.3) is 17.2 Å². The maximum atomic E-state index is 12.1. The molecule has 0 saturated carbocycles. The number of hydrogen-bond acceptors (Lipinski definition) is 4. The summed E-state index contributed by atoms with van der Waals surface area (Å²) in [5.74, 6) is 1.08. The van der Waals surface area contributed by atoms with E-state index in [2.05, 4.69) is 15.3 Å². The number of ether oxygens (including phenoxy) is 1. The van der Waals surface area contributed by atoms with Gasteiger partial charge in [-0.2, -0.15) is 10.2 Å². The van der Waals surface area contributed by atoms with Gasteiger partial charge in [-0.1, -0.05) is 12.1 Å². The van der Waals surface area contributed by atoms with Crippen molar-refractivity contribution < 1.29 is 4.74 Å². The van der Waals surface area contributed by atoms with Gasteiger partial charge in [0.15, 0.2) is 5.82 Å². The minimum Gasteiger partial charge on any atom is -0.492 e. The van der Waals surface area contributed by atoms with Crippen molar-refractivity contribution in [3.63, 3.8) is 0 Å². The molecule has 0 amide bonds. The average molecular weight is 285 g/mol. The summed E-state index contributed by atoms with van der Waals surface area (Å²) < 4.78 is 8.71. The third-order valence-electron chi connectivity index (χ3n) is 3.02. The number of aromatic nitrogens is 5. The topological polar surface area (TPSA) is 77.7 Å². The molecule has 7 heteroatoms. The van der Waals surface area contributed by atoms with Crippen LogP contribution in [0.5, 0.6) is 5.75 Å². The molecule has 0 aliphatic rings. The second-order valence-corrected chi connectivity index (χ2v) is 4.46. The Morgan fingerprint density at radius 2 is 2.10 bits per heavy atom. The van der Waals surface area contributed by atoms with Crippen molar-refractivity contribution in [1.29, 1.82) is 0 Å². The van der Waals surface area contributed by atoms with Crippen molar-refractivity contribution in [3.05, 3.63) is 47.0 Å². The number of aromatic amines is 1. The summed E-state index contributed by atoms with van der Waals surface area (Å²) in [5, 5.41) is 10.8. The highest BCUT2D eigenvalue weighted by atomic mass is 16.5. The molecule has 1 N–H and O–H groups in total. The molecule has 108 valence electrons. The van der Waals surface area contributed by atoms with Crippen molar-refractivity contribution in [3.8, 4) is 23.0 Å². The molecule has 0 fully saturated rings. The van der Waals surface area contributed by atoms with E-state index < -0.39 is 0 Å². The van der Waals surface area contributed by atoms with E-state index in [1.54, 1.807) is 16.9 Å². The molecule has 3 aromatic rings. The van der Waals surface area contributed by atoms with Crippen LogP contribution in [0, 0.1) is 0 Å². The van der Waals surface area contributed by atoms with Crippen molar-refractivity contribution in [2.24, 2.45) is 7.05 Å². The first-order valence-corrected chi connectivity index (χ1v) is 6.60. The number of hydrogen-bond donors (Lipinski definition) is 1. The number of para-hydroxylation sites is 2. The fourth-order valence-corrected chi connectivity index (χ4v) is 2.15. The summed E-state index contributed by atoms with van der Waals surface area (Å²) in [6, 6.07) is 9.14. The molecule has 0 saturated heterocycles. The maximum absolute atomic E-state index is 12.1. The molecule has 0 aliphatic carbocycles. The summed E-state index contributed by atoms with van der Waals surface area (Å²) in [7, 11) is 1.81. The third-order valence-corrected chi connectivity index (χ3v) is 3.02. The third kappa shape index (κ3) is 2.33. The SMILES string of the molecule is CCOc1ccccc1-n1c(-c2ccn(C)n2)n[nH]c1=O. The molecule has 2 aromatic heterocycles. The van der Waals surface area contributed by atoms with Gasteiger partial charge in [-0.15, -0.1) is 0 Å². The monoisotopic (exact) mass is 285 g/mol. The van der Waals surface area contributed by atoms with Gasteiger partial charge in [-0.05, 0) is 25.1 Å². The van der Waals surface area contributed by atoms with Crippen LogP contribution >= 0.6 is 0 Å². The normalized spacial score (nSPS) is 10.8. The Bertz CT molecular complexity index is 815. The zero-order valence-corrected chi connectivity index (χ0v) is 11.8. The second kappa shape index (κ2) is 5.28. The summed E-state index contributed by atoms with van der Waals surface area (Å²) in [4.78, 5) is 12.1. The van der Waals surface area contributed by atoms with Gasteiger partial charge in [-0.3, -0.25) is 4.68 Å². The lowest BCUT2D eigenvalue weighted by Gasteiger charge is -2.10. The Kier molecular flexibility index (Phi) is 3.31. The summed E-state index contributed by atoms with van der Waals surface area (Å²) in [5.41, 5.74) is 0.920. The average Bonchev–Trinajstić information content (AvgIpc) is 3.06. The standard InChI is InChI=1S/C14H15N5O2/c1-3-21-12-7-5-4-6-11(12)19-13(15-16-14(19)20)10-8-9-18(2)17-10/h4-9H,3H2,1-2H3,(H,16,20). The number of aryl methyl sites for hydroxylation is 1. The molecule has 0 radical (unpaired) electrons. The van der Waals surface area contributed by atoms with Gasteiger partial charge >= 0.3 is 5.69 Å². The zero-order chi connectivity index (χ0) is 14.8. The highest BCUT2D eigenvalue weighted by Gasteiger charge is 2.17. The van der Waals surface area contributed by atoms with E-state index in [1.807, 2.05) is 38.2 Å². The summed E-state index contributed by atoms with van der Waals surface area (Å²) in [6.07, 6.45) is 1.80. The highest BCUT2D eigenvalue weighted by molar-refractivity contribution is 5.56. The molecular formula is C14H15N5O2. The van der Waals surface area contributed by atoms with E-state index in [9.17, 15) is 4.79 Å². The predicted molar refractivity (Wildman–Crippen MR) is 77.6 cm³/mol. The molecule has 0 aliphatic heterocycles. The fourth-order valence-electron chi connectivity index (χ4n) is 2.15. The Hall–Kier alpha value is -2.83. The van der Waals surface area contributed by atoms with Gasteiger partial charge in [0.05, 0.1) is 12.3 Å². The van der Waals surface area contributed by atoms with Gasteiger partial charge in [0.2, 0.25) is 0 Å². The molecular weight excluding hydrogens is 270 g/mol. The molecule has 0 spiro atoms. The first-order chi connectivity index (χ1) is 10.2. The van der Waals surface area contributed by atoms with Gasteiger partial charge < -0.3 is 4.74 Å². The smallest absolute Gasteiger partial charge is 0.348 e. The van der Waals surface area contributed by atoms with Crippen molar-refractivity contribution in [2.75, 3.05) is 6.61 Å². The zero-order valence-electron chi connectivity index (χ0n) is 11.8. The molecule has 3 rings (SSSR count). The number of nitrogens with one attached hydrogen (secondary N) is 1. The minimum atomic E-state index is -0.331. The Morgan fingerprint density at radius 1 is 1.29 bits per heavy atom. The van der Waals surface area contributed by atoms with Crippen LogP contribution in [-0.2, 0) is 7.05 Å². The van der Waals surface area contributed by atoms with Crippen LogP contribution in [-0.4, -0.2) is 31.2 Å². The lowest BCUT2D eigenvalue weighted by atomic mass is 10.2. The number of benzene rings is 1. The van der Waals surface area contributed by atoms with E-state index in [0.717, 1.165) is 0 Å². The summed E-state index contributed by atoms with van der Waals surface area (Å²) in [6.45, 7) is 2.41. The Morgan fingerprint density at radius 3 is 2.81 bits per heavy atom. The van der Waals surface area contributed by atoms with Crippen LogP contribution in [0.15, 0.2) is 41.3 Å².